The van der Waals surface area contributed by atoms with Crippen molar-refractivity contribution in [2.75, 3.05) is 0 Å². The summed E-state index contributed by atoms with van der Waals surface area (Å²) in [6.45, 7) is 0. The zero-order valence-corrected chi connectivity index (χ0v) is 11.1. The van der Waals surface area contributed by atoms with E-state index < -0.39 is 5.97 Å². The largest absolute Gasteiger partial charge is 0.481 e. The number of ether oxygens (including phenoxy) is 1. The lowest BCUT2D eigenvalue weighted by atomic mass is 10.1. The Hall–Kier alpha value is -2.29. The number of aliphatic carboxylic acids is 1. The van der Waals surface area contributed by atoms with Gasteiger partial charge in [0.25, 0.3) is 0 Å². The van der Waals surface area contributed by atoms with E-state index in [1.54, 1.807) is 12.1 Å². The summed E-state index contributed by atoms with van der Waals surface area (Å²) >= 11 is 0. The van der Waals surface area contributed by atoms with E-state index in [0.717, 1.165) is 23.5 Å². The average Bonchev–Trinajstić information content (AvgIpc) is 2.88. The first-order chi connectivity index (χ1) is 9.70. The molecule has 0 spiro atoms. The first-order valence-corrected chi connectivity index (χ1v) is 6.81. The van der Waals surface area contributed by atoms with Crippen LogP contribution >= 0.6 is 0 Å². The molecule has 2 aromatic rings. The fourth-order valence-corrected chi connectivity index (χ4v) is 2.60. The normalized spacial score (nSPS) is 13.0. The van der Waals surface area contributed by atoms with Gasteiger partial charge >= 0.3 is 5.97 Å². The van der Waals surface area contributed by atoms with Gasteiger partial charge in [0.2, 0.25) is 0 Å². The van der Waals surface area contributed by atoms with E-state index >= 15 is 0 Å². The number of carbonyl (C=O) groups is 1. The van der Waals surface area contributed by atoms with E-state index in [4.69, 9.17) is 9.84 Å². The van der Waals surface area contributed by atoms with Gasteiger partial charge in [-0.2, -0.15) is 0 Å². The number of rotatable bonds is 4. The molecule has 0 unspecified atom stereocenters. The van der Waals surface area contributed by atoms with Crippen LogP contribution in [0.3, 0.4) is 0 Å². The van der Waals surface area contributed by atoms with Crippen LogP contribution in [0.25, 0.3) is 0 Å². The van der Waals surface area contributed by atoms with Gasteiger partial charge in [-0.3, -0.25) is 4.79 Å². The highest BCUT2D eigenvalue weighted by Gasteiger charge is 2.11. The Bertz CT molecular complexity index is 629. The van der Waals surface area contributed by atoms with Crippen molar-refractivity contribution in [3.8, 4) is 11.5 Å². The first kappa shape index (κ1) is 12.7. The predicted octanol–water partition coefficient (Wildman–Crippen LogP) is 3.59. The van der Waals surface area contributed by atoms with E-state index in [0.29, 0.717) is 0 Å². The number of aryl methyl sites for hydroxylation is 2. The van der Waals surface area contributed by atoms with E-state index in [1.807, 2.05) is 18.2 Å². The Morgan fingerprint density at radius 3 is 2.45 bits per heavy atom. The summed E-state index contributed by atoms with van der Waals surface area (Å²) < 4.78 is 5.82. The summed E-state index contributed by atoms with van der Waals surface area (Å²) in [4.78, 5) is 10.6. The molecule has 2 aromatic carbocycles. The molecular weight excluding hydrogens is 252 g/mol. The van der Waals surface area contributed by atoms with Crippen molar-refractivity contribution < 1.29 is 14.6 Å². The van der Waals surface area contributed by atoms with Gasteiger partial charge in [-0.1, -0.05) is 18.2 Å². The maximum absolute atomic E-state index is 10.6. The molecule has 1 N–H and O–H groups in total. The summed E-state index contributed by atoms with van der Waals surface area (Å²) in [5.41, 5.74) is 3.58. The zero-order chi connectivity index (χ0) is 13.9. The Labute approximate surface area is 117 Å². The molecule has 0 aliphatic heterocycles. The quantitative estimate of drug-likeness (QED) is 0.921. The van der Waals surface area contributed by atoms with Gasteiger partial charge in [-0.25, -0.2) is 0 Å². The van der Waals surface area contributed by atoms with Crippen LogP contribution in [0.15, 0.2) is 42.5 Å². The Kier molecular flexibility index (Phi) is 3.42. The second-order valence-corrected chi connectivity index (χ2v) is 5.10. The molecule has 102 valence electrons. The van der Waals surface area contributed by atoms with E-state index in [1.165, 1.54) is 24.0 Å². The van der Waals surface area contributed by atoms with Crippen molar-refractivity contribution in [3.63, 3.8) is 0 Å². The SMILES string of the molecule is O=C(O)Cc1ccc(Oc2ccc3c(c2)CCC3)cc1. The number of carboxylic acids is 1. The topological polar surface area (TPSA) is 46.5 Å². The Morgan fingerprint density at radius 1 is 1.00 bits per heavy atom. The molecule has 0 amide bonds. The first-order valence-electron chi connectivity index (χ1n) is 6.81. The Balaban J connectivity index is 1.72. The molecule has 0 saturated heterocycles. The van der Waals surface area contributed by atoms with Crippen molar-refractivity contribution in [1.29, 1.82) is 0 Å². The molecule has 0 aromatic heterocycles. The molecule has 0 atom stereocenters. The van der Waals surface area contributed by atoms with Gasteiger partial charge in [0.1, 0.15) is 11.5 Å². The van der Waals surface area contributed by atoms with Gasteiger partial charge < -0.3 is 9.84 Å². The summed E-state index contributed by atoms with van der Waals surface area (Å²) in [6, 6.07) is 13.4. The van der Waals surface area contributed by atoms with Gasteiger partial charge in [-0.15, -0.1) is 0 Å². The summed E-state index contributed by atoms with van der Waals surface area (Å²) in [6.07, 6.45) is 3.56. The standard InChI is InChI=1S/C17H16O3/c18-17(19)10-12-4-7-15(8-5-12)20-16-9-6-13-2-1-3-14(13)11-16/h4-9,11H,1-3,10H2,(H,18,19). The highest BCUT2D eigenvalue weighted by Crippen LogP contribution is 2.29. The van der Waals surface area contributed by atoms with Crippen LogP contribution in [0.4, 0.5) is 0 Å². The number of hydrogen-bond donors (Lipinski definition) is 1. The zero-order valence-electron chi connectivity index (χ0n) is 11.1. The lowest BCUT2D eigenvalue weighted by molar-refractivity contribution is -0.136. The third-order valence-electron chi connectivity index (χ3n) is 3.58. The van der Waals surface area contributed by atoms with Crippen LogP contribution in [0.2, 0.25) is 0 Å². The van der Waals surface area contributed by atoms with Gasteiger partial charge in [0.05, 0.1) is 6.42 Å². The van der Waals surface area contributed by atoms with Crippen LogP contribution in [0.1, 0.15) is 23.1 Å². The second-order valence-electron chi connectivity index (χ2n) is 5.10. The maximum atomic E-state index is 10.6. The van der Waals surface area contributed by atoms with Crippen molar-refractivity contribution in [3.05, 3.63) is 59.2 Å². The van der Waals surface area contributed by atoms with Crippen molar-refractivity contribution in [1.82, 2.24) is 0 Å². The average molecular weight is 268 g/mol. The van der Waals surface area contributed by atoms with Gasteiger partial charge in [0.15, 0.2) is 0 Å². The molecule has 3 rings (SSSR count). The molecule has 0 saturated carbocycles. The van der Waals surface area contributed by atoms with Crippen molar-refractivity contribution in [2.24, 2.45) is 0 Å². The summed E-state index contributed by atoms with van der Waals surface area (Å²) in [7, 11) is 0. The van der Waals surface area contributed by atoms with Crippen LogP contribution in [0.5, 0.6) is 11.5 Å². The number of carboxylic acid groups (broad SMARTS) is 1. The fraction of sp³-hybridized carbons (Fsp3) is 0.235. The molecule has 0 heterocycles. The third kappa shape index (κ3) is 2.82. The predicted molar refractivity (Wildman–Crippen MR) is 76.3 cm³/mol. The fourth-order valence-electron chi connectivity index (χ4n) is 2.60. The number of benzene rings is 2. The van der Waals surface area contributed by atoms with Crippen LogP contribution in [-0.2, 0) is 24.1 Å². The molecule has 20 heavy (non-hydrogen) atoms. The van der Waals surface area contributed by atoms with Crippen LogP contribution < -0.4 is 4.74 Å². The van der Waals surface area contributed by atoms with Crippen molar-refractivity contribution in [2.45, 2.75) is 25.7 Å². The summed E-state index contributed by atoms with van der Waals surface area (Å²) in [5.74, 6) is 0.756. The van der Waals surface area contributed by atoms with E-state index in [9.17, 15) is 4.79 Å². The smallest absolute Gasteiger partial charge is 0.307 e. The van der Waals surface area contributed by atoms with Gasteiger partial charge in [-0.05, 0) is 60.2 Å². The van der Waals surface area contributed by atoms with Crippen LogP contribution in [0, 0.1) is 0 Å². The minimum Gasteiger partial charge on any atom is -0.481 e. The molecule has 0 bridgehead atoms. The van der Waals surface area contributed by atoms with Gasteiger partial charge in [0, 0.05) is 0 Å². The van der Waals surface area contributed by atoms with Crippen LogP contribution in [-0.4, -0.2) is 11.1 Å². The lowest BCUT2D eigenvalue weighted by Gasteiger charge is -2.08. The molecular formula is C17H16O3. The summed E-state index contributed by atoms with van der Waals surface area (Å²) in [5, 5.41) is 8.73. The number of fused-ring (bicyclic) bond motifs is 1. The highest BCUT2D eigenvalue weighted by molar-refractivity contribution is 5.70. The molecule has 3 nitrogen and oxygen atoms in total. The maximum Gasteiger partial charge on any atom is 0.307 e. The monoisotopic (exact) mass is 268 g/mol. The number of hydrogen-bond acceptors (Lipinski definition) is 2. The second kappa shape index (κ2) is 5.37. The van der Waals surface area contributed by atoms with Crippen molar-refractivity contribution >= 4 is 5.97 Å². The molecule has 1 aliphatic carbocycles. The minimum absolute atomic E-state index is 0.0408. The highest BCUT2D eigenvalue weighted by atomic mass is 16.5. The Morgan fingerprint density at radius 2 is 1.70 bits per heavy atom. The third-order valence-corrected chi connectivity index (χ3v) is 3.58. The molecule has 0 radical (unpaired) electrons. The lowest BCUT2D eigenvalue weighted by Crippen LogP contribution is -1.99. The van der Waals surface area contributed by atoms with E-state index in [-0.39, 0.29) is 6.42 Å². The minimum atomic E-state index is -0.822. The molecule has 0 fully saturated rings. The molecule has 1 aliphatic rings. The molecule has 3 heteroatoms. The van der Waals surface area contributed by atoms with E-state index in [2.05, 4.69) is 12.1 Å².